The lowest BCUT2D eigenvalue weighted by atomic mass is 10.0. The predicted octanol–water partition coefficient (Wildman–Crippen LogP) is 1.07. The smallest absolute Gasteiger partial charge is 0.279 e. The molecule has 0 spiro atoms. The lowest BCUT2D eigenvalue weighted by Crippen LogP contribution is -2.45. The van der Waals surface area contributed by atoms with Crippen molar-refractivity contribution >= 4 is 10.2 Å². The molecule has 1 unspecified atom stereocenters. The van der Waals surface area contributed by atoms with Gasteiger partial charge in [0.1, 0.15) is 11.6 Å². The Bertz CT molecular complexity index is 613. The summed E-state index contributed by atoms with van der Waals surface area (Å²) in [7, 11) is -3.43. The van der Waals surface area contributed by atoms with Crippen molar-refractivity contribution in [2.24, 2.45) is 5.92 Å². The normalized spacial score (nSPS) is 24.0. The van der Waals surface area contributed by atoms with E-state index in [0.717, 1.165) is 50.3 Å². The van der Waals surface area contributed by atoms with E-state index in [2.05, 4.69) is 26.4 Å². The maximum absolute atomic E-state index is 12.4. The zero-order valence-electron chi connectivity index (χ0n) is 13.2. The quantitative estimate of drug-likeness (QED) is 0.897. The van der Waals surface area contributed by atoms with E-state index < -0.39 is 10.2 Å². The molecule has 2 aliphatic rings. The van der Waals surface area contributed by atoms with Crippen LogP contribution in [0.2, 0.25) is 0 Å². The molecular weight excluding hydrogens is 302 g/mol. The molecule has 0 aromatic carbocycles. The summed E-state index contributed by atoms with van der Waals surface area (Å²) in [6, 6.07) is 0. The third kappa shape index (κ3) is 3.49. The molecule has 0 radical (unpaired) electrons. The Kier molecular flexibility index (Phi) is 4.79. The molecule has 3 rings (SSSR count). The molecule has 3 heterocycles. The van der Waals surface area contributed by atoms with Crippen molar-refractivity contribution in [3.8, 4) is 0 Å². The van der Waals surface area contributed by atoms with E-state index in [9.17, 15) is 8.42 Å². The van der Waals surface area contributed by atoms with E-state index in [1.165, 1.54) is 6.42 Å². The number of hydrogen-bond acceptors (Lipinski definition) is 4. The number of nitrogens with zero attached hydrogens (tertiary/aromatic N) is 4. The van der Waals surface area contributed by atoms with Crippen molar-refractivity contribution in [3.63, 3.8) is 0 Å². The lowest BCUT2D eigenvalue weighted by molar-refractivity contribution is 0.278. The number of rotatable bonds is 4. The fourth-order valence-electron chi connectivity index (χ4n) is 3.29. The van der Waals surface area contributed by atoms with Crippen LogP contribution in [0.15, 0.2) is 0 Å². The minimum absolute atomic E-state index is 0.222. The van der Waals surface area contributed by atoms with Gasteiger partial charge in [0.2, 0.25) is 0 Å². The van der Waals surface area contributed by atoms with Gasteiger partial charge >= 0.3 is 0 Å². The number of aromatic nitrogens is 3. The van der Waals surface area contributed by atoms with Gasteiger partial charge in [-0.2, -0.15) is 17.4 Å². The van der Waals surface area contributed by atoms with Crippen LogP contribution in [0, 0.1) is 5.92 Å². The Hall–Kier alpha value is -0.990. The molecule has 1 atom stereocenters. The summed E-state index contributed by atoms with van der Waals surface area (Å²) < 4.78 is 31.2. The van der Waals surface area contributed by atoms with Crippen molar-refractivity contribution < 1.29 is 8.42 Å². The van der Waals surface area contributed by atoms with Crippen LogP contribution < -0.4 is 4.72 Å². The van der Waals surface area contributed by atoms with Gasteiger partial charge < -0.3 is 4.57 Å². The summed E-state index contributed by atoms with van der Waals surface area (Å²) in [6.45, 7) is 4.42. The Morgan fingerprint density at radius 1 is 1.18 bits per heavy atom. The second-order valence-corrected chi connectivity index (χ2v) is 8.18. The topological polar surface area (TPSA) is 80.1 Å². The highest BCUT2D eigenvalue weighted by Gasteiger charge is 2.27. The van der Waals surface area contributed by atoms with E-state index >= 15 is 0 Å². The standard InChI is InChI=1S/C14H25N5O2S/c1-12-6-5-8-18(11-12)22(20,21)15-10-14-17-16-13-7-3-2-4-9-19(13)14/h12,15H,2-11H2,1H3. The van der Waals surface area contributed by atoms with Crippen LogP contribution in [0.4, 0.5) is 0 Å². The molecule has 1 fully saturated rings. The van der Waals surface area contributed by atoms with Crippen LogP contribution in [0.25, 0.3) is 0 Å². The molecule has 22 heavy (non-hydrogen) atoms. The first-order valence-corrected chi connectivity index (χ1v) is 9.66. The van der Waals surface area contributed by atoms with Crippen LogP contribution in [0.3, 0.4) is 0 Å². The number of hydrogen-bond donors (Lipinski definition) is 1. The second kappa shape index (κ2) is 6.64. The molecule has 0 saturated carbocycles. The van der Waals surface area contributed by atoms with Crippen LogP contribution in [0.5, 0.6) is 0 Å². The highest BCUT2D eigenvalue weighted by Crippen LogP contribution is 2.18. The van der Waals surface area contributed by atoms with Crippen molar-refractivity contribution in [2.75, 3.05) is 13.1 Å². The summed E-state index contributed by atoms with van der Waals surface area (Å²) in [6.07, 6.45) is 6.40. The molecule has 124 valence electrons. The van der Waals surface area contributed by atoms with Crippen molar-refractivity contribution in [1.29, 1.82) is 0 Å². The second-order valence-electron chi connectivity index (χ2n) is 6.43. The van der Waals surface area contributed by atoms with Gasteiger partial charge in [0.25, 0.3) is 10.2 Å². The first-order chi connectivity index (χ1) is 10.6. The van der Waals surface area contributed by atoms with Crippen LogP contribution in [0.1, 0.15) is 50.7 Å². The Morgan fingerprint density at radius 3 is 2.86 bits per heavy atom. The van der Waals surface area contributed by atoms with Gasteiger partial charge in [0.05, 0.1) is 6.54 Å². The first kappa shape index (κ1) is 15.9. The molecule has 1 N–H and O–H groups in total. The molecule has 1 saturated heterocycles. The first-order valence-electron chi connectivity index (χ1n) is 8.22. The maximum atomic E-state index is 12.4. The summed E-state index contributed by atoms with van der Waals surface area (Å²) in [5, 5.41) is 8.38. The van der Waals surface area contributed by atoms with Crippen LogP contribution >= 0.6 is 0 Å². The third-order valence-corrected chi connectivity index (χ3v) is 6.08. The lowest BCUT2D eigenvalue weighted by Gasteiger charge is -2.29. The van der Waals surface area contributed by atoms with Crippen LogP contribution in [-0.4, -0.2) is 40.6 Å². The maximum Gasteiger partial charge on any atom is 0.279 e. The fourth-order valence-corrected chi connectivity index (χ4v) is 4.60. The highest BCUT2D eigenvalue weighted by molar-refractivity contribution is 7.87. The average molecular weight is 327 g/mol. The Labute approximate surface area is 132 Å². The molecule has 8 heteroatoms. The van der Waals surface area contributed by atoms with Crippen molar-refractivity contribution in [3.05, 3.63) is 11.6 Å². The number of piperidine rings is 1. The average Bonchev–Trinajstić information content (AvgIpc) is 2.72. The molecule has 0 amide bonds. The summed E-state index contributed by atoms with van der Waals surface area (Å²) >= 11 is 0. The monoisotopic (exact) mass is 327 g/mol. The third-order valence-electron chi connectivity index (χ3n) is 4.56. The molecule has 7 nitrogen and oxygen atoms in total. The number of aryl methyl sites for hydroxylation is 1. The van der Waals surface area contributed by atoms with Gasteiger partial charge in [-0.15, -0.1) is 10.2 Å². The van der Waals surface area contributed by atoms with E-state index in [1.54, 1.807) is 4.31 Å². The largest absolute Gasteiger partial charge is 0.314 e. The zero-order valence-corrected chi connectivity index (χ0v) is 14.0. The predicted molar refractivity (Wildman–Crippen MR) is 83.3 cm³/mol. The summed E-state index contributed by atoms with van der Waals surface area (Å²) in [4.78, 5) is 0. The fraction of sp³-hybridized carbons (Fsp3) is 0.857. The van der Waals surface area contributed by atoms with E-state index in [-0.39, 0.29) is 6.54 Å². The van der Waals surface area contributed by atoms with Gasteiger partial charge in [-0.1, -0.05) is 13.3 Å². The minimum Gasteiger partial charge on any atom is -0.314 e. The van der Waals surface area contributed by atoms with Gasteiger partial charge in [-0.25, -0.2) is 0 Å². The summed E-state index contributed by atoms with van der Waals surface area (Å²) in [5.74, 6) is 2.14. The van der Waals surface area contributed by atoms with E-state index in [1.807, 2.05) is 0 Å². The number of nitrogens with one attached hydrogen (secondary N) is 1. The van der Waals surface area contributed by atoms with Crippen molar-refractivity contribution in [1.82, 2.24) is 23.8 Å². The van der Waals surface area contributed by atoms with Gasteiger partial charge in [-0.3, -0.25) is 0 Å². The Morgan fingerprint density at radius 2 is 2.05 bits per heavy atom. The highest BCUT2D eigenvalue weighted by atomic mass is 32.2. The minimum atomic E-state index is -3.43. The molecular formula is C14H25N5O2S. The molecule has 2 aliphatic heterocycles. The number of fused-ring (bicyclic) bond motifs is 1. The van der Waals surface area contributed by atoms with Gasteiger partial charge in [0, 0.05) is 26.1 Å². The van der Waals surface area contributed by atoms with Gasteiger partial charge in [0.15, 0.2) is 0 Å². The van der Waals surface area contributed by atoms with E-state index in [0.29, 0.717) is 19.0 Å². The zero-order chi connectivity index (χ0) is 15.6. The molecule has 1 aromatic rings. The van der Waals surface area contributed by atoms with Gasteiger partial charge in [-0.05, 0) is 31.6 Å². The summed E-state index contributed by atoms with van der Waals surface area (Å²) in [5.41, 5.74) is 0. The molecule has 0 bridgehead atoms. The van der Waals surface area contributed by atoms with Crippen molar-refractivity contribution in [2.45, 2.75) is 58.5 Å². The Balaban J connectivity index is 1.65. The van der Waals surface area contributed by atoms with E-state index in [4.69, 9.17) is 0 Å². The SMILES string of the molecule is CC1CCCN(S(=O)(=O)NCc2nnc3n2CCCCC3)C1. The van der Waals surface area contributed by atoms with Crippen LogP contribution in [-0.2, 0) is 29.7 Å². The molecule has 1 aromatic heterocycles. The molecule has 0 aliphatic carbocycles.